The first-order chi connectivity index (χ1) is 13.5. The first kappa shape index (κ1) is 20.8. The van der Waals surface area contributed by atoms with Gasteiger partial charge in [-0.3, -0.25) is 4.79 Å². The molecule has 0 radical (unpaired) electrons. The molecule has 3 N–H and O–H groups in total. The van der Waals surface area contributed by atoms with Crippen LogP contribution in [-0.2, 0) is 17.6 Å². The minimum absolute atomic E-state index is 0.0287. The molecule has 5 nitrogen and oxygen atoms in total. The van der Waals surface area contributed by atoms with Crippen LogP contribution in [0.3, 0.4) is 0 Å². The molecule has 1 amide bonds. The summed E-state index contributed by atoms with van der Waals surface area (Å²) in [5, 5.41) is 25.2. The fourth-order valence-corrected chi connectivity index (χ4v) is 3.74. The molecule has 1 saturated heterocycles. The zero-order valence-corrected chi connectivity index (χ0v) is 16.6. The normalized spacial score (nSPS) is 22.2. The van der Waals surface area contributed by atoms with Gasteiger partial charge in [-0.2, -0.15) is 0 Å². The van der Waals surface area contributed by atoms with Crippen molar-refractivity contribution in [3.63, 3.8) is 0 Å². The van der Waals surface area contributed by atoms with Gasteiger partial charge in [0.2, 0.25) is 5.91 Å². The van der Waals surface area contributed by atoms with Crippen molar-refractivity contribution < 1.29 is 15.0 Å². The van der Waals surface area contributed by atoms with E-state index in [9.17, 15) is 15.0 Å². The summed E-state index contributed by atoms with van der Waals surface area (Å²) in [7, 11) is 0. The van der Waals surface area contributed by atoms with Gasteiger partial charge in [0.15, 0.2) is 0 Å². The zero-order valence-electron chi connectivity index (χ0n) is 15.9. The van der Waals surface area contributed by atoms with Gasteiger partial charge in [-0.15, -0.1) is 0 Å². The average Bonchev–Trinajstić information content (AvgIpc) is 2.69. The molecule has 28 heavy (non-hydrogen) atoms. The monoisotopic (exact) mass is 402 g/mol. The summed E-state index contributed by atoms with van der Waals surface area (Å²) in [6.45, 7) is 1.51. The van der Waals surface area contributed by atoms with Crippen LogP contribution in [0.1, 0.15) is 17.5 Å². The van der Waals surface area contributed by atoms with Crippen LogP contribution in [0.15, 0.2) is 54.6 Å². The smallest absolute Gasteiger partial charge is 0.227 e. The van der Waals surface area contributed by atoms with Gasteiger partial charge >= 0.3 is 0 Å². The number of amides is 1. The molecule has 6 heteroatoms. The van der Waals surface area contributed by atoms with Crippen molar-refractivity contribution in [2.45, 2.75) is 31.0 Å². The standard InChI is InChI=1S/C22H27ClN2O3/c23-19-9-5-4-8-18(19)10-12-24-16-22(28)11-13-25(15-20(22)26)21(27)14-17-6-2-1-3-7-17/h1-9,20,24,26,28H,10-16H2/t20-,22-/m0/s1. The van der Waals surface area contributed by atoms with Crippen LogP contribution in [0.4, 0.5) is 0 Å². The lowest BCUT2D eigenvalue weighted by atomic mass is 9.88. The third-order valence-electron chi connectivity index (χ3n) is 5.34. The fraction of sp³-hybridized carbons (Fsp3) is 0.409. The number of likely N-dealkylation sites (tertiary alicyclic amines) is 1. The van der Waals surface area contributed by atoms with E-state index < -0.39 is 11.7 Å². The second-order valence-corrected chi connectivity index (χ2v) is 7.80. The molecule has 1 fully saturated rings. The summed E-state index contributed by atoms with van der Waals surface area (Å²) in [5.41, 5.74) is 0.763. The molecule has 0 saturated carbocycles. The van der Waals surface area contributed by atoms with E-state index in [0.717, 1.165) is 22.6 Å². The largest absolute Gasteiger partial charge is 0.388 e. The van der Waals surface area contributed by atoms with Gasteiger partial charge in [0, 0.05) is 24.7 Å². The van der Waals surface area contributed by atoms with Gasteiger partial charge < -0.3 is 20.4 Å². The van der Waals surface area contributed by atoms with Crippen molar-refractivity contribution in [2.24, 2.45) is 0 Å². The second kappa shape index (κ2) is 9.52. The molecule has 1 aliphatic rings. The molecule has 0 aliphatic carbocycles. The number of nitrogens with one attached hydrogen (secondary N) is 1. The number of hydrogen-bond donors (Lipinski definition) is 3. The number of aliphatic hydroxyl groups is 2. The summed E-state index contributed by atoms with van der Waals surface area (Å²) >= 11 is 6.15. The number of aliphatic hydroxyl groups excluding tert-OH is 1. The zero-order chi connectivity index (χ0) is 20.0. The van der Waals surface area contributed by atoms with E-state index in [1.807, 2.05) is 54.6 Å². The number of carbonyl (C=O) groups excluding carboxylic acids is 1. The Bertz CT molecular complexity index is 786. The summed E-state index contributed by atoms with van der Waals surface area (Å²) in [4.78, 5) is 14.1. The Kier molecular flexibility index (Phi) is 7.08. The van der Waals surface area contributed by atoms with Crippen molar-refractivity contribution in [2.75, 3.05) is 26.2 Å². The molecular formula is C22H27ClN2O3. The minimum atomic E-state index is -1.23. The van der Waals surface area contributed by atoms with Crippen molar-refractivity contribution >= 4 is 17.5 Å². The Morgan fingerprint density at radius 2 is 1.89 bits per heavy atom. The molecule has 0 bridgehead atoms. The molecular weight excluding hydrogens is 376 g/mol. The molecule has 0 spiro atoms. The lowest BCUT2D eigenvalue weighted by Crippen LogP contribution is -2.60. The molecule has 1 heterocycles. The highest BCUT2D eigenvalue weighted by atomic mass is 35.5. The Balaban J connectivity index is 1.45. The van der Waals surface area contributed by atoms with Crippen LogP contribution in [-0.4, -0.2) is 58.9 Å². The molecule has 3 rings (SSSR count). The highest BCUT2D eigenvalue weighted by Gasteiger charge is 2.41. The van der Waals surface area contributed by atoms with E-state index in [1.54, 1.807) is 4.90 Å². The molecule has 2 atom stereocenters. The molecule has 1 aliphatic heterocycles. The SMILES string of the molecule is O=C(Cc1ccccc1)N1CC[C@](O)(CNCCc2ccccc2Cl)[C@@H](O)C1. The van der Waals surface area contributed by atoms with E-state index in [2.05, 4.69) is 5.32 Å². The van der Waals surface area contributed by atoms with Crippen LogP contribution in [0, 0.1) is 0 Å². The molecule has 0 unspecified atom stereocenters. The maximum Gasteiger partial charge on any atom is 0.227 e. The third-order valence-corrected chi connectivity index (χ3v) is 5.71. The van der Waals surface area contributed by atoms with Crippen LogP contribution in [0.25, 0.3) is 0 Å². The Labute approximate surface area is 170 Å². The molecule has 2 aromatic rings. The number of halogens is 1. The number of nitrogens with zero attached hydrogens (tertiary/aromatic N) is 1. The van der Waals surface area contributed by atoms with Gasteiger partial charge in [-0.05, 0) is 36.6 Å². The van der Waals surface area contributed by atoms with Gasteiger partial charge in [-0.1, -0.05) is 60.1 Å². The highest BCUT2D eigenvalue weighted by molar-refractivity contribution is 6.31. The molecule has 150 valence electrons. The van der Waals surface area contributed by atoms with Crippen LogP contribution < -0.4 is 5.32 Å². The Hall–Kier alpha value is -1.92. The van der Waals surface area contributed by atoms with Crippen LogP contribution in [0.2, 0.25) is 5.02 Å². The molecule has 0 aromatic heterocycles. The van der Waals surface area contributed by atoms with E-state index in [4.69, 9.17) is 11.6 Å². The van der Waals surface area contributed by atoms with Gasteiger partial charge in [-0.25, -0.2) is 0 Å². The first-order valence-corrected chi connectivity index (χ1v) is 10.0. The maximum absolute atomic E-state index is 12.5. The number of hydrogen-bond acceptors (Lipinski definition) is 4. The molecule has 2 aromatic carbocycles. The summed E-state index contributed by atoms with van der Waals surface area (Å²) in [6.07, 6.45) is 0.414. The summed E-state index contributed by atoms with van der Waals surface area (Å²) < 4.78 is 0. The average molecular weight is 403 g/mol. The van der Waals surface area contributed by atoms with Gasteiger partial charge in [0.05, 0.1) is 6.42 Å². The lowest BCUT2D eigenvalue weighted by Gasteiger charge is -2.42. The Morgan fingerprint density at radius 1 is 1.18 bits per heavy atom. The van der Waals surface area contributed by atoms with Crippen molar-refractivity contribution in [3.8, 4) is 0 Å². The quantitative estimate of drug-likeness (QED) is 0.620. The maximum atomic E-state index is 12.5. The number of β-amino-alcohol motifs (C(OH)–C–C–N with tert-alkyl or cyclic N) is 1. The predicted octanol–water partition coefficient (Wildman–Crippen LogP) is 2.04. The van der Waals surface area contributed by atoms with Gasteiger partial charge in [0.25, 0.3) is 0 Å². The lowest BCUT2D eigenvalue weighted by molar-refractivity contribution is -0.148. The highest BCUT2D eigenvalue weighted by Crippen LogP contribution is 2.23. The topological polar surface area (TPSA) is 72.8 Å². The number of carbonyl (C=O) groups is 1. The van der Waals surface area contributed by atoms with Gasteiger partial charge in [0.1, 0.15) is 11.7 Å². The number of benzene rings is 2. The van der Waals surface area contributed by atoms with E-state index in [-0.39, 0.29) is 19.0 Å². The van der Waals surface area contributed by atoms with Crippen LogP contribution >= 0.6 is 11.6 Å². The second-order valence-electron chi connectivity index (χ2n) is 7.39. The third kappa shape index (κ3) is 5.32. The minimum Gasteiger partial charge on any atom is -0.388 e. The van der Waals surface area contributed by atoms with Crippen molar-refractivity contribution in [1.82, 2.24) is 10.2 Å². The Morgan fingerprint density at radius 3 is 2.61 bits per heavy atom. The van der Waals surface area contributed by atoms with E-state index in [1.165, 1.54) is 0 Å². The van der Waals surface area contributed by atoms with Crippen molar-refractivity contribution in [3.05, 3.63) is 70.7 Å². The predicted molar refractivity (Wildman–Crippen MR) is 110 cm³/mol. The van der Waals surface area contributed by atoms with Crippen molar-refractivity contribution in [1.29, 1.82) is 0 Å². The van der Waals surface area contributed by atoms with E-state index >= 15 is 0 Å². The summed E-state index contributed by atoms with van der Waals surface area (Å²) in [6, 6.07) is 17.2. The number of piperidine rings is 1. The van der Waals surface area contributed by atoms with Crippen LogP contribution in [0.5, 0.6) is 0 Å². The summed E-state index contributed by atoms with van der Waals surface area (Å²) in [5.74, 6) is -0.0287. The number of rotatable bonds is 7. The van der Waals surface area contributed by atoms with E-state index in [0.29, 0.717) is 25.9 Å². The fourth-order valence-electron chi connectivity index (χ4n) is 3.51. The first-order valence-electron chi connectivity index (χ1n) is 9.64.